The lowest BCUT2D eigenvalue weighted by atomic mass is 9.80. The number of amides is 4. The third kappa shape index (κ3) is 10.4. The number of fused-ring (bicyclic) bond motifs is 2. The van der Waals surface area contributed by atoms with E-state index in [-0.39, 0.29) is 49.9 Å². The van der Waals surface area contributed by atoms with Gasteiger partial charge in [0, 0.05) is 63.3 Å². The van der Waals surface area contributed by atoms with Crippen LogP contribution in [0.1, 0.15) is 114 Å². The molecule has 0 bridgehead atoms. The molecule has 4 amide bonds. The highest BCUT2D eigenvalue weighted by Gasteiger charge is 2.57. The van der Waals surface area contributed by atoms with Gasteiger partial charge in [-0.1, -0.05) is 43.9 Å². The highest BCUT2D eigenvalue weighted by molar-refractivity contribution is 5.94. The zero-order valence-electron chi connectivity index (χ0n) is 31.4. The fraction of sp³-hybridized carbons (Fsp3) is 0.561. The van der Waals surface area contributed by atoms with Crippen LogP contribution >= 0.6 is 0 Å². The first-order valence-corrected chi connectivity index (χ1v) is 19.3. The Kier molecular flexibility index (Phi) is 14.1. The summed E-state index contributed by atoms with van der Waals surface area (Å²) in [6, 6.07) is 10.2. The minimum atomic E-state index is -1.69. The number of aliphatic hydroxyl groups excluding tert-OH is 1. The van der Waals surface area contributed by atoms with Crippen LogP contribution in [0.2, 0.25) is 0 Å². The molecule has 1 saturated heterocycles. The van der Waals surface area contributed by atoms with Crippen molar-refractivity contribution in [1.82, 2.24) is 15.1 Å². The number of rotatable bonds is 20. The van der Waals surface area contributed by atoms with Crippen molar-refractivity contribution >= 4 is 40.9 Å². The Hall–Kier alpha value is -4.49. The first kappa shape index (κ1) is 40.7. The topological polar surface area (TPSA) is 162 Å². The lowest BCUT2D eigenvalue weighted by Crippen LogP contribution is -2.50. The lowest BCUT2D eigenvalue weighted by Gasteiger charge is -2.31. The number of nitrogens with zero attached hydrogens (tertiary/aromatic N) is 2. The molecule has 1 aliphatic heterocycles. The number of Topliss-reactive ketones (excluding diaryl/α,β-unsaturated/α-hetero) is 2. The zero-order valence-corrected chi connectivity index (χ0v) is 31.4. The number of halogens is 1. The molecule has 13 heteroatoms. The van der Waals surface area contributed by atoms with E-state index in [1.54, 1.807) is 37.3 Å². The molecule has 54 heavy (non-hydrogen) atoms. The molecular weight excluding hydrogens is 695 g/mol. The van der Waals surface area contributed by atoms with Gasteiger partial charge in [0.1, 0.15) is 23.9 Å². The normalized spacial score (nSPS) is 19.7. The summed E-state index contributed by atoms with van der Waals surface area (Å²) in [5, 5.41) is 16.4. The van der Waals surface area contributed by atoms with E-state index < -0.39 is 42.2 Å². The molecule has 1 spiro atoms. The van der Waals surface area contributed by atoms with Crippen LogP contribution in [0.25, 0.3) is 0 Å². The van der Waals surface area contributed by atoms with Crippen molar-refractivity contribution in [2.75, 3.05) is 18.4 Å². The summed E-state index contributed by atoms with van der Waals surface area (Å²) < 4.78 is 19.6. The van der Waals surface area contributed by atoms with Crippen molar-refractivity contribution in [1.29, 1.82) is 0 Å². The summed E-state index contributed by atoms with van der Waals surface area (Å²) in [7, 11) is 0. The Morgan fingerprint density at radius 1 is 0.981 bits per heavy atom. The Balaban J connectivity index is 1.10. The molecule has 0 radical (unpaired) electrons. The molecule has 3 atom stereocenters. The summed E-state index contributed by atoms with van der Waals surface area (Å²) in [5.41, 5.74) is 1.08. The average Bonchev–Trinajstić information content (AvgIpc) is 3.58. The van der Waals surface area contributed by atoms with Crippen molar-refractivity contribution in [2.45, 2.75) is 128 Å². The van der Waals surface area contributed by atoms with Gasteiger partial charge in [0.05, 0.1) is 0 Å². The van der Waals surface area contributed by atoms with Crippen molar-refractivity contribution in [2.24, 2.45) is 5.92 Å². The highest BCUT2D eigenvalue weighted by atomic mass is 19.1. The van der Waals surface area contributed by atoms with Gasteiger partial charge in [0.15, 0.2) is 5.60 Å². The summed E-state index contributed by atoms with van der Waals surface area (Å²) in [5.74, 6) is -1.37. The quantitative estimate of drug-likeness (QED) is 0.159. The summed E-state index contributed by atoms with van der Waals surface area (Å²) in [6.45, 7) is 2.73. The van der Waals surface area contributed by atoms with E-state index in [4.69, 9.17) is 4.74 Å². The number of unbranched alkanes of at least 4 members (excludes halogenated alkanes) is 4. The van der Waals surface area contributed by atoms with Crippen LogP contribution in [0.3, 0.4) is 0 Å². The van der Waals surface area contributed by atoms with Crippen LogP contribution < -0.4 is 10.6 Å². The van der Waals surface area contributed by atoms with Gasteiger partial charge in [-0.25, -0.2) is 4.39 Å². The fourth-order valence-corrected chi connectivity index (χ4v) is 7.48. The van der Waals surface area contributed by atoms with Crippen LogP contribution in [-0.2, 0) is 52.1 Å². The molecule has 3 aliphatic rings. The molecule has 1 heterocycles. The Morgan fingerprint density at radius 3 is 2.37 bits per heavy atom. The lowest BCUT2D eigenvalue weighted by molar-refractivity contribution is -0.181. The minimum absolute atomic E-state index is 0.0124. The van der Waals surface area contributed by atoms with Crippen LogP contribution in [-0.4, -0.2) is 75.6 Å². The van der Waals surface area contributed by atoms with Gasteiger partial charge in [-0.3, -0.25) is 33.7 Å². The van der Waals surface area contributed by atoms with Crippen molar-refractivity contribution in [3.8, 4) is 0 Å². The van der Waals surface area contributed by atoms with Gasteiger partial charge >= 0.3 is 0 Å². The van der Waals surface area contributed by atoms with Crippen LogP contribution in [0.4, 0.5) is 10.1 Å². The Morgan fingerprint density at radius 2 is 1.69 bits per heavy atom. The first-order chi connectivity index (χ1) is 25.9. The number of ketones is 2. The van der Waals surface area contributed by atoms with Crippen molar-refractivity contribution in [3.05, 3.63) is 65.0 Å². The summed E-state index contributed by atoms with van der Waals surface area (Å²) >= 11 is 0. The van der Waals surface area contributed by atoms with E-state index in [1.165, 1.54) is 30.4 Å². The maximum absolute atomic E-state index is 13.9. The van der Waals surface area contributed by atoms with E-state index in [0.717, 1.165) is 55.4 Å². The molecule has 1 unspecified atom stereocenters. The predicted octanol–water partition coefficient (Wildman–Crippen LogP) is 5.04. The van der Waals surface area contributed by atoms with E-state index in [2.05, 4.69) is 10.6 Å². The molecule has 292 valence electrons. The number of aryl methyl sites for hydroxylation is 1. The maximum atomic E-state index is 13.9. The molecule has 12 nitrogen and oxygen atoms in total. The van der Waals surface area contributed by atoms with Crippen LogP contribution in [0.5, 0.6) is 0 Å². The number of ether oxygens (including phenoxy) is 1. The number of carbonyl (C=O) groups is 6. The number of nitrogens with one attached hydrogen (secondary N) is 2. The standard InChI is InChI=1S/C41H53FN4O8/c1-27(24-43-37(50)20-18-34(48)11-6-4-3-5-7-12-36(49)30-9-8-10-30)45(25-29-13-15-32(42)16-14-29)38(51)26-46-39(52)41(54-40(46)53)22-21-31-23-33(44-28(2)47)17-19-35(31)41/h13-17,19,23,27,30,40,53H,3-12,18,20-22,24-26H2,1-2H3,(H,43,50)(H,44,47)/t27-,40?,41+/m0/s1. The maximum Gasteiger partial charge on any atom is 0.264 e. The summed E-state index contributed by atoms with van der Waals surface area (Å²) in [4.78, 5) is 78.9. The average molecular weight is 749 g/mol. The molecule has 2 aliphatic carbocycles. The van der Waals surface area contributed by atoms with Crippen molar-refractivity contribution < 1.29 is 43.0 Å². The third-order valence-corrected chi connectivity index (χ3v) is 10.9. The number of carbonyl (C=O) groups excluding carboxylic acids is 6. The molecule has 3 N–H and O–H groups in total. The smallest absolute Gasteiger partial charge is 0.264 e. The fourth-order valence-electron chi connectivity index (χ4n) is 7.48. The molecule has 0 aromatic heterocycles. The van der Waals surface area contributed by atoms with Gasteiger partial charge in [0.25, 0.3) is 5.91 Å². The second-order valence-electron chi connectivity index (χ2n) is 15.0. The van der Waals surface area contributed by atoms with Gasteiger partial charge in [0.2, 0.25) is 24.1 Å². The number of anilines is 1. The summed E-state index contributed by atoms with van der Waals surface area (Å²) in [6.07, 6.45) is 7.99. The zero-order chi connectivity index (χ0) is 38.8. The second-order valence-corrected chi connectivity index (χ2v) is 15.0. The number of benzene rings is 2. The van der Waals surface area contributed by atoms with E-state index in [0.29, 0.717) is 47.8 Å². The largest absolute Gasteiger partial charge is 0.354 e. The van der Waals surface area contributed by atoms with Crippen molar-refractivity contribution in [3.63, 3.8) is 0 Å². The Bertz CT molecular complexity index is 1700. The molecule has 2 aromatic carbocycles. The minimum Gasteiger partial charge on any atom is -0.354 e. The van der Waals surface area contributed by atoms with Gasteiger partial charge < -0.3 is 25.4 Å². The van der Waals surface area contributed by atoms with Gasteiger partial charge in [-0.15, -0.1) is 0 Å². The van der Waals surface area contributed by atoms with E-state index in [9.17, 15) is 38.3 Å². The van der Waals surface area contributed by atoms with Crippen LogP contribution in [0.15, 0.2) is 42.5 Å². The van der Waals surface area contributed by atoms with Gasteiger partial charge in [-0.2, -0.15) is 0 Å². The molecule has 5 rings (SSSR count). The SMILES string of the molecule is CC(=O)Nc1ccc2c(c1)CC[C@@]21OC(O)N(CC(=O)N(Cc2ccc(F)cc2)[C@@H](C)CNC(=O)CCC(=O)CCCCCCCC(=O)C2CCC2)C1=O. The first-order valence-electron chi connectivity index (χ1n) is 19.3. The second kappa shape index (κ2) is 18.7. The van der Waals surface area contributed by atoms with E-state index in [1.807, 2.05) is 0 Å². The number of aliphatic hydroxyl groups is 1. The van der Waals surface area contributed by atoms with E-state index >= 15 is 0 Å². The number of hydrogen-bond donors (Lipinski definition) is 3. The monoisotopic (exact) mass is 748 g/mol. The third-order valence-electron chi connectivity index (χ3n) is 10.9. The van der Waals surface area contributed by atoms with Crippen LogP contribution in [0, 0.1) is 11.7 Å². The molecular formula is C41H53FN4O8. The highest BCUT2D eigenvalue weighted by Crippen LogP contribution is 2.46. The molecule has 1 saturated carbocycles. The molecule has 2 aromatic rings. The van der Waals surface area contributed by atoms with Gasteiger partial charge in [-0.05, 0) is 86.4 Å². The predicted molar refractivity (Wildman–Crippen MR) is 198 cm³/mol. The Labute approximate surface area is 316 Å². The number of hydrogen-bond acceptors (Lipinski definition) is 8. The molecule has 2 fully saturated rings.